The van der Waals surface area contributed by atoms with E-state index in [1.54, 1.807) is 0 Å². The fourth-order valence-corrected chi connectivity index (χ4v) is 6.31. The standard InChI is InChI=1S/C59H90O6/c1-4-7-10-13-16-19-22-25-28-29-32-34-37-40-43-46-49-52-58(61)64-55-56(65-59(62)53-50-47-44-41-38-35-31-27-24-21-18-15-12-9-6-3)54-63-57(60)51-48-45-42-39-36-33-30-26-23-20-17-14-11-8-5-2/h7,9-10,12-13,15-16,18-25,27-29,31-32,34-35,37-38,56H,4-6,8,11,14,17,26,30,33,36,39-55H2,1-3H3/b10-7-,12-9-,16-13-,18-15-,22-19-,23-20-,24-21-,28-25-,31-27-,32-29+,37-34-,38-35-. The Kier molecular flexibility index (Phi) is 48.2. The average Bonchev–Trinajstić information content (AvgIpc) is 3.30. The third-order valence-electron chi connectivity index (χ3n) is 10.1. The topological polar surface area (TPSA) is 78.9 Å². The first kappa shape index (κ1) is 60.3. The van der Waals surface area contributed by atoms with Crippen molar-refractivity contribution in [2.24, 2.45) is 0 Å². The molecule has 65 heavy (non-hydrogen) atoms. The van der Waals surface area contributed by atoms with Crippen LogP contribution in [-0.2, 0) is 28.6 Å². The highest BCUT2D eigenvalue weighted by Gasteiger charge is 2.19. The number of rotatable bonds is 43. The SMILES string of the molecule is CC\C=C/C=C\C=C/C=C\C=C/CCCCCC(=O)OC(COC(=O)CCCCC\C=C/C=C/C=C\C=C/C=C\C=C/CC)COC(=O)CCCCCCCCC/C=C\CCCCCC. The van der Waals surface area contributed by atoms with Crippen LogP contribution in [0.3, 0.4) is 0 Å². The lowest BCUT2D eigenvalue weighted by Gasteiger charge is -2.18. The van der Waals surface area contributed by atoms with Crippen molar-refractivity contribution < 1.29 is 28.6 Å². The molecule has 0 aliphatic carbocycles. The van der Waals surface area contributed by atoms with Crippen molar-refractivity contribution in [1.82, 2.24) is 0 Å². The predicted molar refractivity (Wildman–Crippen MR) is 279 cm³/mol. The van der Waals surface area contributed by atoms with Gasteiger partial charge in [0.05, 0.1) is 0 Å². The van der Waals surface area contributed by atoms with E-state index in [0.29, 0.717) is 19.3 Å². The maximum Gasteiger partial charge on any atom is 0.306 e. The van der Waals surface area contributed by atoms with Crippen LogP contribution in [-0.4, -0.2) is 37.2 Å². The highest BCUT2D eigenvalue weighted by Crippen LogP contribution is 2.13. The van der Waals surface area contributed by atoms with Gasteiger partial charge in [-0.05, 0) is 83.5 Å². The summed E-state index contributed by atoms with van der Waals surface area (Å²) < 4.78 is 16.7. The molecule has 0 bridgehead atoms. The summed E-state index contributed by atoms with van der Waals surface area (Å²) in [5, 5.41) is 0. The Morgan fingerprint density at radius 2 is 0.615 bits per heavy atom. The summed E-state index contributed by atoms with van der Waals surface area (Å²) in [6.45, 7) is 6.23. The summed E-state index contributed by atoms with van der Waals surface area (Å²) in [5.41, 5.74) is 0. The largest absolute Gasteiger partial charge is 0.462 e. The third kappa shape index (κ3) is 50.2. The molecule has 1 atom stereocenters. The number of carbonyl (C=O) groups is 3. The van der Waals surface area contributed by atoms with Crippen LogP contribution < -0.4 is 0 Å². The fourth-order valence-electron chi connectivity index (χ4n) is 6.31. The molecule has 0 N–H and O–H groups in total. The van der Waals surface area contributed by atoms with Crippen LogP contribution in [0.1, 0.15) is 188 Å². The molecule has 0 heterocycles. The van der Waals surface area contributed by atoms with Gasteiger partial charge in [-0.2, -0.15) is 0 Å². The molecular formula is C59H90O6. The van der Waals surface area contributed by atoms with Crippen LogP contribution >= 0.6 is 0 Å². The minimum Gasteiger partial charge on any atom is -0.462 e. The smallest absolute Gasteiger partial charge is 0.306 e. The second-order valence-electron chi connectivity index (χ2n) is 16.2. The minimum absolute atomic E-state index is 0.119. The number of unbranched alkanes of at least 4 members (excludes halogenated alkanes) is 17. The second kappa shape index (κ2) is 51.9. The summed E-state index contributed by atoms with van der Waals surface area (Å²) in [7, 11) is 0. The van der Waals surface area contributed by atoms with E-state index in [9.17, 15) is 14.4 Å². The van der Waals surface area contributed by atoms with E-state index >= 15 is 0 Å². The van der Waals surface area contributed by atoms with Crippen molar-refractivity contribution in [2.75, 3.05) is 13.2 Å². The van der Waals surface area contributed by atoms with Gasteiger partial charge >= 0.3 is 17.9 Å². The first-order valence-corrected chi connectivity index (χ1v) is 25.5. The molecular weight excluding hydrogens is 805 g/mol. The second-order valence-corrected chi connectivity index (χ2v) is 16.2. The zero-order valence-corrected chi connectivity index (χ0v) is 41.2. The van der Waals surface area contributed by atoms with Crippen LogP contribution in [0.15, 0.2) is 146 Å². The van der Waals surface area contributed by atoms with Crippen molar-refractivity contribution >= 4 is 17.9 Å². The molecule has 1 unspecified atom stereocenters. The number of hydrogen-bond acceptors (Lipinski definition) is 6. The van der Waals surface area contributed by atoms with E-state index in [1.807, 2.05) is 109 Å². The van der Waals surface area contributed by atoms with Crippen molar-refractivity contribution in [3.05, 3.63) is 146 Å². The van der Waals surface area contributed by atoms with Crippen LogP contribution in [0.25, 0.3) is 0 Å². The summed E-state index contributed by atoms with van der Waals surface area (Å²) in [5.74, 6) is -1.02. The average molecular weight is 895 g/mol. The number of ether oxygens (including phenoxy) is 3. The molecule has 362 valence electrons. The molecule has 0 aliphatic rings. The number of allylic oxidation sites excluding steroid dienone is 24. The Labute approximate surface area is 397 Å². The van der Waals surface area contributed by atoms with Gasteiger partial charge in [0, 0.05) is 19.3 Å². The summed E-state index contributed by atoms with van der Waals surface area (Å²) in [6, 6.07) is 0. The van der Waals surface area contributed by atoms with Crippen molar-refractivity contribution in [3.8, 4) is 0 Å². The van der Waals surface area contributed by atoms with Crippen LogP contribution in [0.5, 0.6) is 0 Å². The number of hydrogen-bond donors (Lipinski definition) is 0. The maximum absolute atomic E-state index is 12.8. The van der Waals surface area contributed by atoms with Crippen LogP contribution in [0, 0.1) is 0 Å². The Bertz CT molecular complexity index is 1490. The van der Waals surface area contributed by atoms with E-state index < -0.39 is 6.10 Å². The Morgan fingerprint density at radius 1 is 0.323 bits per heavy atom. The van der Waals surface area contributed by atoms with Gasteiger partial charge in [0.25, 0.3) is 0 Å². The molecule has 6 nitrogen and oxygen atoms in total. The predicted octanol–water partition coefficient (Wildman–Crippen LogP) is 16.9. The van der Waals surface area contributed by atoms with Crippen LogP contribution in [0.4, 0.5) is 0 Å². The Hall–Kier alpha value is -4.71. The van der Waals surface area contributed by atoms with Gasteiger partial charge in [-0.1, -0.05) is 231 Å². The summed E-state index contributed by atoms with van der Waals surface area (Å²) in [4.78, 5) is 38.0. The lowest BCUT2D eigenvalue weighted by Crippen LogP contribution is -2.30. The molecule has 6 heteroatoms. The van der Waals surface area contributed by atoms with E-state index in [-0.39, 0.29) is 44.0 Å². The van der Waals surface area contributed by atoms with Crippen molar-refractivity contribution in [3.63, 3.8) is 0 Å². The van der Waals surface area contributed by atoms with Gasteiger partial charge in [-0.3, -0.25) is 14.4 Å². The molecule has 0 aromatic heterocycles. The van der Waals surface area contributed by atoms with Gasteiger partial charge in [-0.25, -0.2) is 0 Å². The Morgan fingerprint density at radius 3 is 1.00 bits per heavy atom. The third-order valence-corrected chi connectivity index (χ3v) is 10.1. The molecule has 0 aromatic rings. The summed E-state index contributed by atoms with van der Waals surface area (Å²) >= 11 is 0. The molecule has 0 rings (SSSR count). The number of esters is 3. The zero-order chi connectivity index (χ0) is 47.2. The molecule has 0 saturated heterocycles. The highest BCUT2D eigenvalue weighted by atomic mass is 16.6. The quantitative estimate of drug-likeness (QED) is 0.0199. The van der Waals surface area contributed by atoms with Gasteiger partial charge < -0.3 is 14.2 Å². The van der Waals surface area contributed by atoms with E-state index in [4.69, 9.17) is 14.2 Å². The number of carbonyl (C=O) groups excluding carboxylic acids is 3. The molecule has 0 spiro atoms. The lowest BCUT2D eigenvalue weighted by molar-refractivity contribution is -0.167. The summed E-state index contributed by atoms with van der Waals surface area (Å²) in [6.07, 6.45) is 73.9. The molecule has 0 saturated carbocycles. The van der Waals surface area contributed by atoms with E-state index in [0.717, 1.165) is 70.6 Å². The van der Waals surface area contributed by atoms with Crippen molar-refractivity contribution in [1.29, 1.82) is 0 Å². The molecule has 0 radical (unpaired) electrons. The zero-order valence-electron chi connectivity index (χ0n) is 41.2. The maximum atomic E-state index is 12.8. The van der Waals surface area contributed by atoms with Crippen molar-refractivity contribution in [2.45, 2.75) is 194 Å². The van der Waals surface area contributed by atoms with Gasteiger partial charge in [0.1, 0.15) is 13.2 Å². The van der Waals surface area contributed by atoms with Gasteiger partial charge in [0.2, 0.25) is 0 Å². The van der Waals surface area contributed by atoms with Crippen LogP contribution in [0.2, 0.25) is 0 Å². The normalized spacial score (nSPS) is 13.3. The molecule has 0 aliphatic heterocycles. The first-order valence-electron chi connectivity index (χ1n) is 25.5. The van der Waals surface area contributed by atoms with E-state index in [2.05, 4.69) is 57.2 Å². The fraction of sp³-hybridized carbons (Fsp3) is 0.542. The Balaban J connectivity index is 4.60. The molecule has 0 fully saturated rings. The first-order chi connectivity index (χ1) is 32.0. The molecule has 0 amide bonds. The highest BCUT2D eigenvalue weighted by molar-refractivity contribution is 5.71. The van der Waals surface area contributed by atoms with Gasteiger partial charge in [0.15, 0.2) is 6.10 Å². The van der Waals surface area contributed by atoms with Gasteiger partial charge in [-0.15, -0.1) is 0 Å². The van der Waals surface area contributed by atoms with E-state index in [1.165, 1.54) is 64.2 Å². The monoisotopic (exact) mass is 895 g/mol. The molecule has 0 aromatic carbocycles. The minimum atomic E-state index is -0.827. The lowest BCUT2D eigenvalue weighted by atomic mass is 10.1.